The quantitative estimate of drug-likeness (QED) is 0.0675. The zero-order valence-corrected chi connectivity index (χ0v) is 32.6. The summed E-state index contributed by atoms with van der Waals surface area (Å²) in [6, 6.07) is 28.0. The maximum Gasteiger partial charge on any atom is 0.323 e. The van der Waals surface area contributed by atoms with Crippen molar-refractivity contribution >= 4 is 57.9 Å². The molecule has 0 aliphatic rings. The molecule has 54 heavy (non-hydrogen) atoms. The Balaban J connectivity index is 1.28. The van der Waals surface area contributed by atoms with Gasteiger partial charge in [-0.2, -0.15) is 0 Å². The molecular weight excluding hydrogens is 681 g/mol. The van der Waals surface area contributed by atoms with Gasteiger partial charge in [-0.25, -0.2) is 4.79 Å². The average Bonchev–Trinajstić information content (AvgIpc) is 3.16. The fourth-order valence-electron chi connectivity index (χ4n) is 5.16. The van der Waals surface area contributed by atoms with E-state index in [4.69, 9.17) is 4.74 Å². The highest BCUT2D eigenvalue weighted by Gasteiger charge is 2.32. The summed E-state index contributed by atoms with van der Waals surface area (Å²) in [7, 11) is 0. The molecule has 0 bridgehead atoms. The molecule has 0 aliphatic heterocycles. The van der Waals surface area contributed by atoms with Crippen molar-refractivity contribution in [2.24, 2.45) is 10.8 Å². The van der Waals surface area contributed by atoms with Crippen LogP contribution in [0.4, 0.5) is 38.9 Å². The number of hydrogen-bond donors (Lipinski definition) is 6. The Kier molecular flexibility index (Phi) is 13.5. The van der Waals surface area contributed by atoms with Crippen molar-refractivity contribution in [2.75, 3.05) is 31.9 Å². The molecule has 0 radical (unpaired) electrons. The highest BCUT2D eigenvalue weighted by molar-refractivity contribution is 6.01. The summed E-state index contributed by atoms with van der Waals surface area (Å²) in [5.74, 6) is 0.879. The summed E-state index contributed by atoms with van der Waals surface area (Å²) in [4.78, 5) is 51.4. The Morgan fingerprint density at radius 2 is 0.907 bits per heavy atom. The summed E-state index contributed by atoms with van der Waals surface area (Å²) in [5, 5.41) is 17.8. The van der Waals surface area contributed by atoms with Gasteiger partial charge in [-0.05, 0) is 124 Å². The Bertz CT molecular complexity index is 1900. The number of carbonyl (C=O) groups is 4. The number of ether oxygens (including phenoxy) is 1. The number of urea groups is 1. The van der Waals surface area contributed by atoms with Crippen molar-refractivity contribution in [1.82, 2.24) is 0 Å². The lowest BCUT2D eigenvalue weighted by atomic mass is 9.84. The molecule has 4 rings (SSSR count). The fourth-order valence-corrected chi connectivity index (χ4v) is 5.16. The van der Waals surface area contributed by atoms with Crippen LogP contribution in [0.3, 0.4) is 0 Å². The summed E-state index contributed by atoms with van der Waals surface area (Å²) in [6.45, 7) is 15.5. The summed E-state index contributed by atoms with van der Waals surface area (Å²) in [5.41, 5.74) is 1.93. The Labute approximate surface area is 319 Å². The smallest absolute Gasteiger partial charge is 0.323 e. The second-order valence-corrected chi connectivity index (χ2v) is 14.6. The van der Waals surface area contributed by atoms with E-state index in [2.05, 4.69) is 31.9 Å². The van der Waals surface area contributed by atoms with Crippen LogP contribution in [0.1, 0.15) is 81.1 Å². The molecule has 0 saturated heterocycles. The van der Waals surface area contributed by atoms with E-state index in [-0.39, 0.29) is 17.7 Å². The maximum absolute atomic E-state index is 13.4. The van der Waals surface area contributed by atoms with E-state index < -0.39 is 22.4 Å². The number of nitrogens with one attached hydrogen (secondary N) is 6. The second kappa shape index (κ2) is 17.8. The van der Waals surface area contributed by atoms with Gasteiger partial charge in [-0.15, -0.1) is 0 Å². The monoisotopic (exact) mass is 734 g/mol. The summed E-state index contributed by atoms with van der Waals surface area (Å²) < 4.78 is 6.02. The summed E-state index contributed by atoms with van der Waals surface area (Å²) in [6.07, 6.45) is 2.72. The molecule has 5 amide bonds. The standard InChI is InChI=1S/C43H54N6O5/c1-9-41(5,6)37(50)46-33-14-13-15-34(28-33)48-40(53)47-31-20-24-35(25-21-31)54-36-26-22-32(23-27-36)49-43(8,12-4)39(52)45-30-18-16-29(17-19-30)44-38(51)42(7,10-2)11-3/h13-28,49H,9-12H2,1-8H3,(H,44,51)(H,45,52)(H,46,50)(H2,47,48,53). The van der Waals surface area contributed by atoms with Gasteiger partial charge in [0, 0.05) is 45.0 Å². The normalized spacial score (nSPS) is 12.4. The van der Waals surface area contributed by atoms with E-state index in [9.17, 15) is 19.2 Å². The highest BCUT2D eigenvalue weighted by Crippen LogP contribution is 2.30. The van der Waals surface area contributed by atoms with Crippen molar-refractivity contribution in [1.29, 1.82) is 0 Å². The van der Waals surface area contributed by atoms with Crippen LogP contribution in [0.5, 0.6) is 11.5 Å². The highest BCUT2D eigenvalue weighted by atomic mass is 16.5. The predicted molar refractivity (Wildman–Crippen MR) is 219 cm³/mol. The number of anilines is 6. The molecule has 0 spiro atoms. The first-order valence-electron chi connectivity index (χ1n) is 18.5. The third-order valence-corrected chi connectivity index (χ3v) is 10.2. The molecular formula is C43H54N6O5. The molecule has 11 nitrogen and oxygen atoms in total. The van der Waals surface area contributed by atoms with E-state index in [1.54, 1.807) is 72.8 Å². The van der Waals surface area contributed by atoms with Crippen LogP contribution in [-0.2, 0) is 14.4 Å². The Morgan fingerprint density at radius 1 is 0.481 bits per heavy atom. The lowest BCUT2D eigenvalue weighted by Crippen LogP contribution is -2.46. The molecule has 0 saturated carbocycles. The van der Waals surface area contributed by atoms with Gasteiger partial charge in [0.15, 0.2) is 0 Å². The van der Waals surface area contributed by atoms with Gasteiger partial charge in [-0.3, -0.25) is 14.4 Å². The van der Waals surface area contributed by atoms with Crippen LogP contribution < -0.4 is 36.6 Å². The molecule has 6 N–H and O–H groups in total. The molecule has 1 unspecified atom stereocenters. The predicted octanol–water partition coefficient (Wildman–Crippen LogP) is 10.5. The van der Waals surface area contributed by atoms with E-state index in [0.29, 0.717) is 52.8 Å². The number of rotatable bonds is 16. The van der Waals surface area contributed by atoms with Crippen molar-refractivity contribution in [3.63, 3.8) is 0 Å². The van der Waals surface area contributed by atoms with Crippen molar-refractivity contribution < 1.29 is 23.9 Å². The first-order chi connectivity index (χ1) is 25.6. The summed E-state index contributed by atoms with van der Waals surface area (Å²) >= 11 is 0. The lowest BCUT2D eigenvalue weighted by molar-refractivity contribution is -0.125. The van der Waals surface area contributed by atoms with Crippen molar-refractivity contribution in [2.45, 2.75) is 86.6 Å². The second-order valence-electron chi connectivity index (χ2n) is 14.6. The minimum absolute atomic E-state index is 0.0179. The lowest BCUT2D eigenvalue weighted by Gasteiger charge is -2.29. The topological polar surface area (TPSA) is 150 Å². The molecule has 0 aliphatic carbocycles. The van der Waals surface area contributed by atoms with Gasteiger partial charge < -0.3 is 36.6 Å². The van der Waals surface area contributed by atoms with Gasteiger partial charge in [-0.1, -0.05) is 54.5 Å². The van der Waals surface area contributed by atoms with Crippen LogP contribution in [0.2, 0.25) is 0 Å². The number of carbonyl (C=O) groups excluding carboxylic acids is 4. The molecule has 4 aromatic rings. The third-order valence-electron chi connectivity index (χ3n) is 10.2. The van der Waals surface area contributed by atoms with Gasteiger partial charge in [0.2, 0.25) is 17.7 Å². The molecule has 0 fully saturated rings. The van der Waals surface area contributed by atoms with Gasteiger partial charge in [0.25, 0.3) is 0 Å². The molecule has 11 heteroatoms. The average molecular weight is 735 g/mol. The van der Waals surface area contributed by atoms with E-state index in [1.807, 2.05) is 79.7 Å². The zero-order valence-electron chi connectivity index (χ0n) is 32.6. The van der Waals surface area contributed by atoms with Crippen LogP contribution in [0, 0.1) is 10.8 Å². The fraction of sp³-hybridized carbons (Fsp3) is 0.349. The molecule has 0 heterocycles. The van der Waals surface area contributed by atoms with Crippen LogP contribution in [0.25, 0.3) is 0 Å². The minimum atomic E-state index is -0.904. The first-order valence-corrected chi connectivity index (χ1v) is 18.5. The van der Waals surface area contributed by atoms with Crippen LogP contribution in [-0.4, -0.2) is 29.3 Å². The van der Waals surface area contributed by atoms with E-state index >= 15 is 0 Å². The number of amides is 5. The Hall–Kier alpha value is -5.84. The van der Waals surface area contributed by atoms with Gasteiger partial charge in [0.05, 0.1) is 0 Å². The van der Waals surface area contributed by atoms with Gasteiger partial charge in [0.1, 0.15) is 17.0 Å². The molecule has 1 atom stereocenters. The maximum atomic E-state index is 13.4. The molecule has 4 aromatic carbocycles. The van der Waals surface area contributed by atoms with Crippen molar-refractivity contribution in [3.05, 3.63) is 97.1 Å². The van der Waals surface area contributed by atoms with Crippen LogP contribution >= 0.6 is 0 Å². The van der Waals surface area contributed by atoms with Crippen molar-refractivity contribution in [3.8, 4) is 11.5 Å². The molecule has 286 valence electrons. The largest absolute Gasteiger partial charge is 0.457 e. The van der Waals surface area contributed by atoms with E-state index in [1.165, 1.54) is 0 Å². The van der Waals surface area contributed by atoms with Crippen LogP contribution in [0.15, 0.2) is 97.1 Å². The SMILES string of the molecule is CCC(C)(C)C(=O)Nc1cccc(NC(=O)Nc2ccc(Oc3ccc(NC(C)(CC)C(=O)Nc4ccc(NC(=O)C(C)(CC)CC)cc4)cc3)cc2)c1. The molecule has 0 aromatic heterocycles. The van der Waals surface area contributed by atoms with Gasteiger partial charge >= 0.3 is 6.03 Å². The number of hydrogen-bond acceptors (Lipinski definition) is 6. The zero-order chi connectivity index (χ0) is 39.5. The first kappa shape index (κ1) is 40.9. The Morgan fingerprint density at radius 3 is 1.41 bits per heavy atom. The minimum Gasteiger partial charge on any atom is -0.457 e. The van der Waals surface area contributed by atoms with E-state index in [0.717, 1.165) is 18.5 Å². The third kappa shape index (κ3) is 10.8. The number of benzene rings is 4.